The molecule has 1 rings (SSSR count). The van der Waals surface area contributed by atoms with Crippen molar-refractivity contribution in [2.24, 2.45) is 11.7 Å². The number of hydrogen-bond acceptors (Lipinski definition) is 2. The number of benzene rings is 1. The number of nitrogens with two attached hydrogens (primary N) is 1. The Morgan fingerprint density at radius 2 is 1.63 bits per heavy atom. The Bertz CT molecular complexity index is 345. The maximum absolute atomic E-state index is 6.50. The standard InChI is InChI=1S/C17H29NO/c1-4-9-14(10-5-2)17(18)15-11-7-8-12-16(15)19-13-6-3/h7-8,11-12,14,17H,4-6,9-10,13,18H2,1-3H3. The van der Waals surface area contributed by atoms with Crippen LogP contribution in [0.25, 0.3) is 0 Å². The van der Waals surface area contributed by atoms with Crippen LogP contribution in [0, 0.1) is 5.92 Å². The van der Waals surface area contributed by atoms with E-state index >= 15 is 0 Å². The predicted molar refractivity (Wildman–Crippen MR) is 82.5 cm³/mol. The molecule has 0 aliphatic heterocycles. The quantitative estimate of drug-likeness (QED) is 0.701. The highest BCUT2D eigenvalue weighted by Gasteiger charge is 2.20. The third kappa shape index (κ3) is 4.87. The summed E-state index contributed by atoms with van der Waals surface area (Å²) >= 11 is 0. The van der Waals surface area contributed by atoms with E-state index in [1.807, 2.05) is 12.1 Å². The third-order valence-corrected chi connectivity index (χ3v) is 3.57. The van der Waals surface area contributed by atoms with Crippen LogP contribution in [-0.4, -0.2) is 6.61 Å². The number of hydrogen-bond donors (Lipinski definition) is 1. The van der Waals surface area contributed by atoms with Gasteiger partial charge in [0.2, 0.25) is 0 Å². The van der Waals surface area contributed by atoms with Gasteiger partial charge in [0.05, 0.1) is 6.61 Å². The molecule has 0 saturated heterocycles. The second kappa shape index (κ2) is 8.98. The van der Waals surface area contributed by atoms with Gasteiger partial charge in [0, 0.05) is 11.6 Å². The molecule has 0 saturated carbocycles. The van der Waals surface area contributed by atoms with Crippen LogP contribution in [0.1, 0.15) is 64.5 Å². The molecule has 0 spiro atoms. The summed E-state index contributed by atoms with van der Waals surface area (Å²) < 4.78 is 5.83. The highest BCUT2D eigenvalue weighted by atomic mass is 16.5. The van der Waals surface area contributed by atoms with Crippen LogP contribution < -0.4 is 10.5 Å². The van der Waals surface area contributed by atoms with Crippen LogP contribution in [0.4, 0.5) is 0 Å². The van der Waals surface area contributed by atoms with Crippen molar-refractivity contribution >= 4 is 0 Å². The summed E-state index contributed by atoms with van der Waals surface area (Å²) in [5.41, 5.74) is 7.67. The van der Waals surface area contributed by atoms with E-state index in [0.29, 0.717) is 5.92 Å². The largest absolute Gasteiger partial charge is 0.493 e. The summed E-state index contributed by atoms with van der Waals surface area (Å²) in [5.74, 6) is 1.52. The van der Waals surface area contributed by atoms with Gasteiger partial charge in [-0.1, -0.05) is 51.8 Å². The molecule has 0 fully saturated rings. The summed E-state index contributed by atoms with van der Waals surface area (Å²) in [6.07, 6.45) is 5.79. The second-order valence-electron chi connectivity index (χ2n) is 5.25. The average Bonchev–Trinajstić information content (AvgIpc) is 2.44. The molecule has 0 bridgehead atoms. The summed E-state index contributed by atoms with van der Waals surface area (Å²) in [4.78, 5) is 0. The van der Waals surface area contributed by atoms with E-state index in [0.717, 1.165) is 18.8 Å². The Kier molecular flexibility index (Phi) is 7.57. The summed E-state index contributed by atoms with van der Waals surface area (Å²) in [6, 6.07) is 8.33. The van der Waals surface area contributed by atoms with Crippen LogP contribution >= 0.6 is 0 Å². The van der Waals surface area contributed by atoms with Gasteiger partial charge < -0.3 is 10.5 Å². The van der Waals surface area contributed by atoms with E-state index in [-0.39, 0.29) is 6.04 Å². The lowest BCUT2D eigenvalue weighted by Crippen LogP contribution is -2.22. The van der Waals surface area contributed by atoms with Gasteiger partial charge in [-0.3, -0.25) is 0 Å². The highest BCUT2D eigenvalue weighted by molar-refractivity contribution is 5.36. The zero-order valence-electron chi connectivity index (χ0n) is 12.7. The van der Waals surface area contributed by atoms with Gasteiger partial charge in [-0.15, -0.1) is 0 Å². The van der Waals surface area contributed by atoms with E-state index in [1.54, 1.807) is 0 Å². The van der Waals surface area contributed by atoms with Gasteiger partial charge in [-0.05, 0) is 31.2 Å². The molecule has 2 heteroatoms. The zero-order valence-corrected chi connectivity index (χ0v) is 12.7. The molecule has 0 amide bonds. The van der Waals surface area contributed by atoms with Crippen LogP contribution in [0.15, 0.2) is 24.3 Å². The highest BCUT2D eigenvalue weighted by Crippen LogP contribution is 2.33. The first-order valence-corrected chi connectivity index (χ1v) is 7.71. The van der Waals surface area contributed by atoms with Crippen molar-refractivity contribution < 1.29 is 4.74 Å². The molecule has 0 aromatic heterocycles. The van der Waals surface area contributed by atoms with Gasteiger partial charge in [0.1, 0.15) is 5.75 Å². The van der Waals surface area contributed by atoms with Gasteiger partial charge in [-0.2, -0.15) is 0 Å². The predicted octanol–water partition coefficient (Wildman–Crippen LogP) is 4.69. The molecule has 0 radical (unpaired) electrons. The van der Waals surface area contributed by atoms with Gasteiger partial charge in [0.15, 0.2) is 0 Å². The van der Waals surface area contributed by atoms with Crippen molar-refractivity contribution in [3.63, 3.8) is 0 Å². The molecule has 0 aliphatic rings. The fourth-order valence-electron chi connectivity index (χ4n) is 2.60. The van der Waals surface area contributed by atoms with E-state index < -0.39 is 0 Å². The summed E-state index contributed by atoms with van der Waals surface area (Å²) in [7, 11) is 0. The minimum absolute atomic E-state index is 0.0907. The molecule has 19 heavy (non-hydrogen) atoms. The van der Waals surface area contributed by atoms with Crippen molar-refractivity contribution in [3.05, 3.63) is 29.8 Å². The molecule has 1 atom stereocenters. The third-order valence-electron chi connectivity index (χ3n) is 3.57. The smallest absolute Gasteiger partial charge is 0.124 e. The van der Waals surface area contributed by atoms with E-state index in [2.05, 4.69) is 32.9 Å². The maximum Gasteiger partial charge on any atom is 0.124 e. The molecule has 2 nitrogen and oxygen atoms in total. The summed E-state index contributed by atoms with van der Waals surface area (Å²) in [6.45, 7) is 7.35. The van der Waals surface area contributed by atoms with Gasteiger partial charge in [-0.25, -0.2) is 0 Å². The van der Waals surface area contributed by atoms with Crippen molar-refractivity contribution in [3.8, 4) is 5.75 Å². The molecule has 1 aromatic carbocycles. The minimum Gasteiger partial charge on any atom is -0.493 e. The van der Waals surface area contributed by atoms with Crippen LogP contribution in [-0.2, 0) is 0 Å². The van der Waals surface area contributed by atoms with Crippen molar-refractivity contribution in [2.45, 2.75) is 58.9 Å². The molecule has 1 unspecified atom stereocenters. The van der Waals surface area contributed by atoms with Gasteiger partial charge >= 0.3 is 0 Å². The van der Waals surface area contributed by atoms with Crippen LogP contribution in [0.5, 0.6) is 5.75 Å². The normalized spacial score (nSPS) is 12.7. The first kappa shape index (κ1) is 16.0. The maximum atomic E-state index is 6.50. The number of ether oxygens (including phenoxy) is 1. The Morgan fingerprint density at radius 1 is 1.00 bits per heavy atom. The molecule has 2 N–H and O–H groups in total. The Labute approximate surface area is 118 Å². The molecule has 0 aliphatic carbocycles. The molecule has 0 heterocycles. The lowest BCUT2D eigenvalue weighted by atomic mass is 9.86. The Hall–Kier alpha value is -1.02. The van der Waals surface area contributed by atoms with Crippen molar-refractivity contribution in [1.29, 1.82) is 0 Å². The Morgan fingerprint density at radius 3 is 2.21 bits per heavy atom. The van der Waals surface area contributed by atoms with Crippen molar-refractivity contribution in [2.75, 3.05) is 6.61 Å². The molecular weight excluding hydrogens is 234 g/mol. The lowest BCUT2D eigenvalue weighted by Gasteiger charge is -2.25. The second-order valence-corrected chi connectivity index (χ2v) is 5.25. The minimum atomic E-state index is 0.0907. The van der Waals surface area contributed by atoms with Crippen molar-refractivity contribution in [1.82, 2.24) is 0 Å². The van der Waals surface area contributed by atoms with Crippen LogP contribution in [0.3, 0.4) is 0 Å². The first-order chi connectivity index (χ1) is 9.24. The molecule has 108 valence electrons. The number of rotatable bonds is 9. The molecule has 1 aromatic rings. The lowest BCUT2D eigenvalue weighted by molar-refractivity contribution is 0.301. The van der Waals surface area contributed by atoms with E-state index in [1.165, 1.54) is 31.2 Å². The molecular formula is C17H29NO. The van der Waals surface area contributed by atoms with Gasteiger partial charge in [0.25, 0.3) is 0 Å². The van der Waals surface area contributed by atoms with E-state index in [4.69, 9.17) is 10.5 Å². The topological polar surface area (TPSA) is 35.2 Å². The van der Waals surface area contributed by atoms with E-state index in [9.17, 15) is 0 Å². The van der Waals surface area contributed by atoms with Crippen LogP contribution in [0.2, 0.25) is 0 Å². The Balaban J connectivity index is 2.86. The zero-order chi connectivity index (χ0) is 14.1. The fraction of sp³-hybridized carbons (Fsp3) is 0.647. The first-order valence-electron chi connectivity index (χ1n) is 7.71. The SMILES string of the molecule is CCCOc1ccccc1C(N)C(CCC)CCC. The average molecular weight is 263 g/mol. The number of para-hydroxylation sites is 1. The monoisotopic (exact) mass is 263 g/mol. The summed E-state index contributed by atoms with van der Waals surface area (Å²) in [5, 5.41) is 0. The fourth-order valence-corrected chi connectivity index (χ4v) is 2.60.